The Labute approximate surface area is 190 Å². The van der Waals surface area contributed by atoms with Crippen LogP contribution in [0.5, 0.6) is 0 Å². The largest absolute Gasteiger partial charge is 0.416 e. The van der Waals surface area contributed by atoms with Crippen molar-refractivity contribution in [3.63, 3.8) is 0 Å². The van der Waals surface area contributed by atoms with Gasteiger partial charge in [0.2, 0.25) is 5.91 Å². The summed E-state index contributed by atoms with van der Waals surface area (Å²) in [5.41, 5.74) is 1.38. The van der Waals surface area contributed by atoms with Crippen molar-refractivity contribution >= 4 is 23.8 Å². The smallest absolute Gasteiger partial charge is 0.392 e. The van der Waals surface area contributed by atoms with Crippen LogP contribution < -0.4 is 10.0 Å². The Morgan fingerprint density at radius 1 is 1.00 bits per heavy atom. The number of rotatable bonds is 7. The fourth-order valence-corrected chi connectivity index (χ4v) is 2.93. The van der Waals surface area contributed by atoms with Crippen molar-refractivity contribution in [3.05, 3.63) is 70.8 Å². The molecule has 1 unspecified atom stereocenters. The summed E-state index contributed by atoms with van der Waals surface area (Å²) in [6, 6.07) is 11.6. The van der Waals surface area contributed by atoms with Gasteiger partial charge < -0.3 is 10.4 Å². The molecule has 0 spiro atoms. The summed E-state index contributed by atoms with van der Waals surface area (Å²) in [6.45, 7) is 5.74. The minimum atomic E-state index is -4.30. The second-order valence-electron chi connectivity index (χ2n) is 7.50. The van der Waals surface area contributed by atoms with E-state index >= 15 is 0 Å². The first kappa shape index (κ1) is 27.5. The van der Waals surface area contributed by atoms with Gasteiger partial charge in [-0.25, -0.2) is 0 Å². The number of aliphatic hydroxyl groups excluding tert-OH is 1. The summed E-state index contributed by atoms with van der Waals surface area (Å²) in [7, 11) is 0. The SMILES string of the molecule is CSNC(=O)c1ccc(C(C)NC(=O)CC(C)C)cc1.OCc1ccc(C(F)(F)F)cc1. The van der Waals surface area contributed by atoms with Crippen molar-refractivity contribution in [3.8, 4) is 0 Å². The molecule has 0 aliphatic heterocycles. The van der Waals surface area contributed by atoms with Gasteiger partial charge in [-0.15, -0.1) is 0 Å². The first-order valence-electron chi connectivity index (χ1n) is 9.97. The number of alkyl halides is 3. The van der Waals surface area contributed by atoms with Crippen LogP contribution in [0.1, 0.15) is 60.3 Å². The number of benzene rings is 2. The number of aliphatic hydroxyl groups is 1. The van der Waals surface area contributed by atoms with E-state index in [1.54, 1.807) is 18.4 Å². The maximum absolute atomic E-state index is 12.0. The highest BCUT2D eigenvalue weighted by Gasteiger charge is 2.29. The van der Waals surface area contributed by atoms with Gasteiger partial charge in [-0.3, -0.25) is 14.3 Å². The molecule has 0 aromatic heterocycles. The lowest BCUT2D eigenvalue weighted by molar-refractivity contribution is -0.137. The molecule has 2 rings (SSSR count). The van der Waals surface area contributed by atoms with E-state index in [0.717, 1.165) is 17.7 Å². The minimum Gasteiger partial charge on any atom is -0.392 e. The van der Waals surface area contributed by atoms with E-state index in [0.29, 0.717) is 23.5 Å². The molecule has 0 saturated carbocycles. The molecule has 32 heavy (non-hydrogen) atoms. The highest BCUT2D eigenvalue weighted by molar-refractivity contribution is 7.97. The van der Waals surface area contributed by atoms with E-state index in [9.17, 15) is 22.8 Å². The van der Waals surface area contributed by atoms with E-state index in [-0.39, 0.29) is 24.5 Å². The highest BCUT2D eigenvalue weighted by Crippen LogP contribution is 2.29. The second kappa shape index (κ2) is 13.1. The number of halogens is 3. The number of carbonyl (C=O) groups excluding carboxylic acids is 2. The summed E-state index contributed by atoms with van der Waals surface area (Å²) >= 11 is 1.27. The number of nitrogens with one attached hydrogen (secondary N) is 2. The molecule has 176 valence electrons. The van der Waals surface area contributed by atoms with Gasteiger partial charge in [-0.05, 0) is 48.2 Å². The predicted octanol–water partition coefficient (Wildman–Crippen LogP) is 5.12. The normalized spacial score (nSPS) is 11.9. The predicted molar refractivity (Wildman–Crippen MR) is 121 cm³/mol. The highest BCUT2D eigenvalue weighted by atomic mass is 32.2. The number of carbonyl (C=O) groups is 2. The van der Waals surface area contributed by atoms with Gasteiger partial charge in [-0.1, -0.05) is 50.1 Å². The minimum absolute atomic E-state index is 0.0525. The molecule has 0 saturated heterocycles. The van der Waals surface area contributed by atoms with E-state index < -0.39 is 11.7 Å². The molecule has 0 aliphatic carbocycles. The van der Waals surface area contributed by atoms with Gasteiger partial charge >= 0.3 is 6.18 Å². The number of hydrogen-bond acceptors (Lipinski definition) is 4. The van der Waals surface area contributed by atoms with Gasteiger partial charge in [0.25, 0.3) is 5.91 Å². The summed E-state index contributed by atoms with van der Waals surface area (Å²) in [6.07, 6.45) is -1.97. The van der Waals surface area contributed by atoms with Gasteiger partial charge in [0.05, 0.1) is 18.2 Å². The third-order valence-corrected chi connectivity index (χ3v) is 4.69. The van der Waals surface area contributed by atoms with Crippen molar-refractivity contribution in [2.75, 3.05) is 6.26 Å². The van der Waals surface area contributed by atoms with Crippen LogP contribution in [0.2, 0.25) is 0 Å². The van der Waals surface area contributed by atoms with E-state index in [2.05, 4.69) is 10.0 Å². The van der Waals surface area contributed by atoms with Crippen LogP contribution in [0.15, 0.2) is 48.5 Å². The molecule has 2 aromatic rings. The molecule has 0 radical (unpaired) electrons. The Morgan fingerprint density at radius 3 is 2.00 bits per heavy atom. The fourth-order valence-electron chi connectivity index (χ4n) is 2.63. The van der Waals surface area contributed by atoms with Crippen molar-refractivity contribution in [1.82, 2.24) is 10.0 Å². The fraction of sp³-hybridized carbons (Fsp3) is 0.391. The van der Waals surface area contributed by atoms with Crippen LogP contribution in [0.25, 0.3) is 0 Å². The molecule has 0 fully saturated rings. The summed E-state index contributed by atoms with van der Waals surface area (Å²) < 4.78 is 38.6. The van der Waals surface area contributed by atoms with E-state index in [1.807, 2.05) is 32.9 Å². The van der Waals surface area contributed by atoms with Crippen molar-refractivity contribution in [1.29, 1.82) is 0 Å². The lowest BCUT2D eigenvalue weighted by Gasteiger charge is -2.15. The lowest BCUT2D eigenvalue weighted by Crippen LogP contribution is -2.27. The average Bonchev–Trinajstić information content (AvgIpc) is 2.73. The Hall–Kier alpha value is -2.52. The molecular weight excluding hydrogens is 441 g/mol. The number of amides is 2. The van der Waals surface area contributed by atoms with Crippen LogP contribution in [0, 0.1) is 5.92 Å². The van der Waals surface area contributed by atoms with Crippen LogP contribution in [0.3, 0.4) is 0 Å². The zero-order valence-electron chi connectivity index (χ0n) is 18.5. The molecule has 2 amide bonds. The van der Waals surface area contributed by atoms with Gasteiger partial charge in [-0.2, -0.15) is 13.2 Å². The topological polar surface area (TPSA) is 78.4 Å². The molecule has 0 aliphatic rings. The summed E-state index contributed by atoms with van der Waals surface area (Å²) in [5.74, 6) is 0.289. The first-order valence-corrected chi connectivity index (χ1v) is 11.2. The molecule has 2 aromatic carbocycles. The molecule has 0 heterocycles. The average molecular weight is 471 g/mol. The Balaban J connectivity index is 0.000000363. The van der Waals surface area contributed by atoms with Crippen LogP contribution in [0.4, 0.5) is 13.2 Å². The Kier molecular flexibility index (Phi) is 11.3. The standard InChI is InChI=1S/C15H22N2O2S.C8H7F3O/c1-10(2)9-14(18)16-11(3)12-5-7-13(8-6-12)15(19)17-20-4;9-8(10,11)7-3-1-6(5-12)2-4-7/h5-8,10-11H,9H2,1-4H3,(H,16,18)(H,17,19);1-4,12H,5H2. The molecular formula is C23H29F3N2O3S. The number of hydrogen-bond donors (Lipinski definition) is 3. The summed E-state index contributed by atoms with van der Waals surface area (Å²) in [5, 5.41) is 11.5. The van der Waals surface area contributed by atoms with E-state index in [4.69, 9.17) is 5.11 Å². The van der Waals surface area contributed by atoms with Crippen molar-refractivity contribution in [2.24, 2.45) is 5.92 Å². The Morgan fingerprint density at radius 2 is 1.56 bits per heavy atom. The third-order valence-electron chi connectivity index (χ3n) is 4.30. The maximum atomic E-state index is 12.0. The molecule has 5 nitrogen and oxygen atoms in total. The monoisotopic (exact) mass is 470 g/mol. The van der Waals surface area contributed by atoms with Gasteiger partial charge in [0.15, 0.2) is 0 Å². The lowest BCUT2D eigenvalue weighted by atomic mass is 10.0. The van der Waals surface area contributed by atoms with Crippen LogP contribution in [-0.4, -0.2) is 23.2 Å². The first-order chi connectivity index (χ1) is 15.0. The Bertz CT molecular complexity index is 854. The van der Waals surface area contributed by atoms with Crippen LogP contribution >= 0.6 is 11.9 Å². The quantitative estimate of drug-likeness (QED) is 0.491. The van der Waals surface area contributed by atoms with Crippen molar-refractivity contribution in [2.45, 2.75) is 46.0 Å². The van der Waals surface area contributed by atoms with E-state index in [1.165, 1.54) is 24.1 Å². The zero-order valence-corrected chi connectivity index (χ0v) is 19.3. The van der Waals surface area contributed by atoms with Gasteiger partial charge in [0.1, 0.15) is 0 Å². The summed E-state index contributed by atoms with van der Waals surface area (Å²) in [4.78, 5) is 23.3. The molecule has 0 bridgehead atoms. The molecule has 1 atom stereocenters. The zero-order chi connectivity index (χ0) is 24.3. The third kappa shape index (κ3) is 9.74. The second-order valence-corrected chi connectivity index (χ2v) is 8.11. The van der Waals surface area contributed by atoms with Gasteiger partial charge in [0, 0.05) is 18.2 Å². The maximum Gasteiger partial charge on any atom is 0.416 e. The molecule has 9 heteroatoms. The van der Waals surface area contributed by atoms with Crippen molar-refractivity contribution < 1.29 is 27.9 Å². The molecule has 3 N–H and O–H groups in total. The van der Waals surface area contributed by atoms with Crippen LogP contribution in [-0.2, 0) is 17.6 Å².